The second kappa shape index (κ2) is 7.31. The lowest BCUT2D eigenvalue weighted by Gasteiger charge is -2.14. The van der Waals surface area contributed by atoms with Gasteiger partial charge in [0, 0.05) is 18.0 Å². The second-order valence-corrected chi connectivity index (χ2v) is 8.83. The largest absolute Gasteiger partial charge is 0.496 e. The van der Waals surface area contributed by atoms with Crippen LogP contribution >= 0.6 is 0 Å². The summed E-state index contributed by atoms with van der Waals surface area (Å²) in [5.74, 6) is 0.863. The molecule has 0 saturated heterocycles. The highest BCUT2D eigenvalue weighted by Crippen LogP contribution is 2.45. The Hall–Kier alpha value is -3.53. The number of hydrogen-bond acceptors (Lipinski definition) is 7. The first-order chi connectivity index (χ1) is 15.0. The smallest absolute Gasteiger partial charge is 0.266 e. The molecular formula is C21H20N4O5S. The quantitative estimate of drug-likeness (QED) is 0.490. The van der Waals surface area contributed by atoms with Crippen LogP contribution < -0.4 is 14.2 Å². The molecule has 9 nitrogen and oxygen atoms in total. The maximum absolute atomic E-state index is 13.0. The minimum Gasteiger partial charge on any atom is -0.496 e. The first kappa shape index (κ1) is 19.4. The molecule has 2 aromatic carbocycles. The molecule has 1 aliphatic rings. The van der Waals surface area contributed by atoms with E-state index in [1.54, 1.807) is 31.5 Å². The maximum atomic E-state index is 13.0. The number of methoxy groups -OCH3 is 2. The number of anilines is 1. The number of sulfonamides is 1. The molecule has 0 fully saturated rings. The van der Waals surface area contributed by atoms with Gasteiger partial charge in [-0.05, 0) is 42.7 Å². The predicted octanol–water partition coefficient (Wildman–Crippen LogP) is 3.38. The molecule has 1 aliphatic carbocycles. The summed E-state index contributed by atoms with van der Waals surface area (Å²) in [5, 5.41) is 8.84. The zero-order valence-electron chi connectivity index (χ0n) is 16.9. The van der Waals surface area contributed by atoms with E-state index in [9.17, 15) is 8.42 Å². The van der Waals surface area contributed by atoms with Crippen molar-refractivity contribution < 1.29 is 22.4 Å². The lowest BCUT2D eigenvalue weighted by atomic mass is 10.0. The van der Waals surface area contributed by atoms with Crippen molar-refractivity contribution in [3.05, 3.63) is 59.9 Å². The van der Waals surface area contributed by atoms with E-state index in [4.69, 9.17) is 14.0 Å². The van der Waals surface area contributed by atoms with Crippen LogP contribution in [0.3, 0.4) is 0 Å². The van der Waals surface area contributed by atoms with Gasteiger partial charge in [-0.15, -0.1) is 0 Å². The van der Waals surface area contributed by atoms with E-state index in [0.717, 1.165) is 24.0 Å². The molecule has 0 aliphatic heterocycles. The molecule has 10 heteroatoms. The van der Waals surface area contributed by atoms with E-state index in [0.29, 0.717) is 16.7 Å². The number of aromatic nitrogens is 3. The van der Waals surface area contributed by atoms with Gasteiger partial charge in [0.1, 0.15) is 21.8 Å². The minimum absolute atomic E-state index is 0.00697. The monoisotopic (exact) mass is 440 g/mol. The predicted molar refractivity (Wildman–Crippen MR) is 113 cm³/mol. The summed E-state index contributed by atoms with van der Waals surface area (Å²) in [6.07, 6.45) is 5.29. The summed E-state index contributed by atoms with van der Waals surface area (Å²) in [5.41, 5.74) is 2.46. The zero-order valence-corrected chi connectivity index (χ0v) is 17.7. The van der Waals surface area contributed by atoms with Crippen LogP contribution in [0.5, 0.6) is 11.5 Å². The fourth-order valence-corrected chi connectivity index (χ4v) is 5.36. The summed E-state index contributed by atoms with van der Waals surface area (Å²) < 4.78 is 46.9. The molecule has 5 rings (SSSR count). The van der Waals surface area contributed by atoms with Crippen LogP contribution in [0.1, 0.15) is 23.6 Å². The molecule has 4 aromatic rings. The highest BCUT2D eigenvalue weighted by molar-refractivity contribution is 7.92. The molecule has 0 radical (unpaired) electrons. The van der Waals surface area contributed by atoms with E-state index in [1.165, 1.54) is 13.2 Å². The van der Waals surface area contributed by atoms with Gasteiger partial charge in [-0.3, -0.25) is 9.40 Å². The molecule has 1 atom stereocenters. The second-order valence-electron chi connectivity index (χ2n) is 7.18. The van der Waals surface area contributed by atoms with Gasteiger partial charge in [0.15, 0.2) is 11.4 Å². The van der Waals surface area contributed by atoms with Crippen LogP contribution in [-0.2, 0) is 16.4 Å². The van der Waals surface area contributed by atoms with Gasteiger partial charge >= 0.3 is 0 Å². The van der Waals surface area contributed by atoms with Gasteiger partial charge in [-0.2, -0.15) is 5.10 Å². The highest BCUT2D eigenvalue weighted by Gasteiger charge is 2.32. The molecule has 0 bridgehead atoms. The Morgan fingerprint density at radius 3 is 2.77 bits per heavy atom. The number of ether oxygens (including phenoxy) is 2. The molecule has 160 valence electrons. The van der Waals surface area contributed by atoms with Crippen LogP contribution in [0.2, 0.25) is 0 Å². The third kappa shape index (κ3) is 3.10. The molecule has 1 unspecified atom stereocenters. The Morgan fingerprint density at radius 2 is 2.03 bits per heavy atom. The fraction of sp³-hybridized carbons (Fsp3) is 0.238. The van der Waals surface area contributed by atoms with Crippen molar-refractivity contribution in [1.29, 1.82) is 0 Å². The van der Waals surface area contributed by atoms with Crippen LogP contribution in [0.15, 0.2) is 58.2 Å². The number of fused-ring (bicyclic) bond motifs is 2. The number of para-hydroxylation sites is 1. The van der Waals surface area contributed by atoms with Crippen LogP contribution in [0.25, 0.3) is 11.0 Å². The van der Waals surface area contributed by atoms with Crippen LogP contribution in [0, 0.1) is 0 Å². The van der Waals surface area contributed by atoms with Gasteiger partial charge in [-0.1, -0.05) is 17.3 Å². The lowest BCUT2D eigenvalue weighted by molar-refractivity contribution is 0.403. The van der Waals surface area contributed by atoms with Gasteiger partial charge in [0.2, 0.25) is 0 Å². The van der Waals surface area contributed by atoms with Crippen molar-refractivity contribution in [2.24, 2.45) is 0 Å². The Labute approximate surface area is 178 Å². The molecule has 2 aromatic heterocycles. The fourth-order valence-electron chi connectivity index (χ4n) is 4.18. The van der Waals surface area contributed by atoms with E-state index in [1.807, 2.05) is 23.0 Å². The molecule has 31 heavy (non-hydrogen) atoms. The molecule has 1 N–H and O–H groups in total. The summed E-state index contributed by atoms with van der Waals surface area (Å²) >= 11 is 0. The Kier molecular flexibility index (Phi) is 4.58. The average molecular weight is 440 g/mol. The summed E-state index contributed by atoms with van der Waals surface area (Å²) in [7, 11) is -0.994. The molecule has 0 amide bonds. The lowest BCUT2D eigenvalue weighted by Crippen LogP contribution is -2.14. The molecule has 0 spiro atoms. The van der Waals surface area contributed by atoms with Gasteiger partial charge in [0.05, 0.1) is 20.3 Å². The maximum Gasteiger partial charge on any atom is 0.266 e. The number of benzene rings is 2. The van der Waals surface area contributed by atoms with Crippen molar-refractivity contribution in [3.63, 3.8) is 0 Å². The topological polar surface area (TPSA) is 108 Å². The molecule has 2 heterocycles. The first-order valence-corrected chi connectivity index (χ1v) is 11.2. The number of nitrogens with zero attached hydrogens (tertiary/aromatic N) is 3. The molecule has 0 saturated carbocycles. The SMILES string of the molecule is COc1ccccc1S(=O)(=O)Nc1noc2cc3c(c(OC)c12)CCC3n1cccn1. The van der Waals surface area contributed by atoms with Crippen molar-refractivity contribution in [1.82, 2.24) is 14.9 Å². The summed E-state index contributed by atoms with van der Waals surface area (Å²) in [6, 6.07) is 10.2. The van der Waals surface area contributed by atoms with E-state index < -0.39 is 10.0 Å². The van der Waals surface area contributed by atoms with E-state index in [-0.39, 0.29) is 22.5 Å². The van der Waals surface area contributed by atoms with E-state index in [2.05, 4.69) is 15.0 Å². The van der Waals surface area contributed by atoms with Crippen molar-refractivity contribution in [3.8, 4) is 11.5 Å². The summed E-state index contributed by atoms with van der Waals surface area (Å²) in [6.45, 7) is 0. The number of nitrogens with one attached hydrogen (secondary N) is 1. The van der Waals surface area contributed by atoms with Crippen molar-refractivity contribution >= 4 is 26.8 Å². The van der Waals surface area contributed by atoms with Gasteiger partial charge in [0.25, 0.3) is 10.0 Å². The standard InChI is InChI=1S/C21H20N4O5S/c1-28-16-6-3-4-7-18(16)31(26,27)24-21-19-17(30-23-21)12-14-13(20(19)29-2)8-9-15(14)25-11-5-10-22-25/h3-7,10-12,15H,8-9H2,1-2H3,(H,23,24). The van der Waals surface area contributed by atoms with Crippen molar-refractivity contribution in [2.75, 3.05) is 18.9 Å². The van der Waals surface area contributed by atoms with Gasteiger partial charge in [-0.25, -0.2) is 8.42 Å². The van der Waals surface area contributed by atoms with Gasteiger partial charge < -0.3 is 14.0 Å². The highest BCUT2D eigenvalue weighted by atomic mass is 32.2. The Bertz CT molecular complexity index is 1360. The van der Waals surface area contributed by atoms with Crippen molar-refractivity contribution in [2.45, 2.75) is 23.8 Å². The van der Waals surface area contributed by atoms with Crippen LogP contribution in [0.4, 0.5) is 5.82 Å². The zero-order chi connectivity index (χ0) is 21.6. The third-order valence-corrected chi connectivity index (χ3v) is 6.90. The summed E-state index contributed by atoms with van der Waals surface area (Å²) in [4.78, 5) is 0.00697. The normalized spacial score (nSPS) is 15.7. The average Bonchev–Trinajstić information content (AvgIpc) is 3.52. The number of rotatable bonds is 6. The van der Waals surface area contributed by atoms with E-state index >= 15 is 0 Å². The first-order valence-electron chi connectivity index (χ1n) is 9.67. The Morgan fingerprint density at radius 1 is 1.19 bits per heavy atom. The van der Waals surface area contributed by atoms with Crippen LogP contribution in [-0.4, -0.2) is 37.6 Å². The number of hydrogen-bond donors (Lipinski definition) is 1. The minimum atomic E-state index is -3.97. The third-order valence-electron chi connectivity index (χ3n) is 5.52. The Balaban J connectivity index is 1.61. The molecular weight excluding hydrogens is 420 g/mol.